The van der Waals surface area contributed by atoms with Gasteiger partial charge in [0.25, 0.3) is 0 Å². The third kappa shape index (κ3) is 3.64. The molecule has 1 atom stereocenters. The van der Waals surface area contributed by atoms with E-state index in [0.29, 0.717) is 5.69 Å². The first-order valence-electron chi connectivity index (χ1n) is 8.35. The summed E-state index contributed by atoms with van der Waals surface area (Å²) in [6, 6.07) is 6.01. The van der Waals surface area contributed by atoms with Crippen LogP contribution >= 0.6 is 0 Å². The molecule has 1 aromatic carbocycles. The van der Waals surface area contributed by atoms with Crippen LogP contribution in [0.5, 0.6) is 0 Å². The van der Waals surface area contributed by atoms with E-state index in [0.717, 1.165) is 37.1 Å². The molecule has 1 aliphatic heterocycles. The Morgan fingerprint density at radius 1 is 1.29 bits per heavy atom. The maximum Gasteiger partial charge on any atom is 0.360 e. The van der Waals surface area contributed by atoms with Gasteiger partial charge in [-0.3, -0.25) is 0 Å². The van der Waals surface area contributed by atoms with E-state index >= 15 is 0 Å². The number of aryl methyl sites for hydroxylation is 3. The highest BCUT2D eigenvalue weighted by atomic mass is 16.6. The third-order valence-electron chi connectivity index (χ3n) is 4.22. The van der Waals surface area contributed by atoms with Gasteiger partial charge < -0.3 is 9.47 Å². The van der Waals surface area contributed by atoms with Crippen molar-refractivity contribution in [2.24, 2.45) is 0 Å². The molecule has 0 N–H and O–H groups in total. The minimum absolute atomic E-state index is 0.00241. The molecular weight excluding hydrogens is 306 g/mol. The molecular formula is C18H23N3O3. The molecule has 3 rings (SSSR count). The number of rotatable bonds is 4. The molecule has 0 aliphatic carbocycles. The van der Waals surface area contributed by atoms with Crippen molar-refractivity contribution in [3.63, 3.8) is 0 Å². The Kier molecular flexibility index (Phi) is 4.94. The van der Waals surface area contributed by atoms with Crippen LogP contribution in [0.25, 0.3) is 5.69 Å². The van der Waals surface area contributed by atoms with Gasteiger partial charge in [0, 0.05) is 6.61 Å². The lowest BCUT2D eigenvalue weighted by Crippen LogP contribution is -2.26. The second kappa shape index (κ2) is 7.13. The van der Waals surface area contributed by atoms with Gasteiger partial charge >= 0.3 is 5.97 Å². The van der Waals surface area contributed by atoms with E-state index < -0.39 is 5.97 Å². The van der Waals surface area contributed by atoms with Crippen LogP contribution < -0.4 is 0 Å². The van der Waals surface area contributed by atoms with Crippen molar-refractivity contribution < 1.29 is 14.3 Å². The quantitative estimate of drug-likeness (QED) is 0.807. The number of nitrogens with zero attached hydrogens (tertiary/aromatic N) is 3. The Balaban J connectivity index is 1.72. The SMILES string of the molecule is Cc1ccc(-n2nc(C)c(C(=O)OCC3CCCCO3)n2)c(C)c1. The highest BCUT2D eigenvalue weighted by Gasteiger charge is 2.21. The largest absolute Gasteiger partial charge is 0.458 e. The third-order valence-corrected chi connectivity index (χ3v) is 4.22. The summed E-state index contributed by atoms with van der Waals surface area (Å²) >= 11 is 0. The molecule has 2 aromatic rings. The van der Waals surface area contributed by atoms with Gasteiger partial charge in [0.2, 0.25) is 0 Å². The maximum atomic E-state index is 12.3. The molecule has 1 aliphatic rings. The van der Waals surface area contributed by atoms with E-state index in [-0.39, 0.29) is 18.4 Å². The molecule has 1 fully saturated rings. The molecule has 6 heteroatoms. The summed E-state index contributed by atoms with van der Waals surface area (Å²) in [5.74, 6) is -0.447. The summed E-state index contributed by atoms with van der Waals surface area (Å²) in [7, 11) is 0. The van der Waals surface area contributed by atoms with Gasteiger partial charge in [-0.1, -0.05) is 17.7 Å². The van der Waals surface area contributed by atoms with Crippen LogP contribution in [0.15, 0.2) is 18.2 Å². The van der Waals surface area contributed by atoms with Crippen molar-refractivity contribution in [1.29, 1.82) is 0 Å². The fourth-order valence-electron chi connectivity index (χ4n) is 2.88. The van der Waals surface area contributed by atoms with E-state index in [1.165, 1.54) is 10.4 Å². The van der Waals surface area contributed by atoms with Crippen molar-refractivity contribution in [3.8, 4) is 5.69 Å². The molecule has 6 nitrogen and oxygen atoms in total. The lowest BCUT2D eigenvalue weighted by Gasteiger charge is -2.21. The normalized spacial score (nSPS) is 17.7. The van der Waals surface area contributed by atoms with Crippen LogP contribution in [-0.2, 0) is 9.47 Å². The van der Waals surface area contributed by atoms with Crippen molar-refractivity contribution in [2.45, 2.75) is 46.1 Å². The molecule has 0 bridgehead atoms. The monoisotopic (exact) mass is 329 g/mol. The van der Waals surface area contributed by atoms with Gasteiger partial charge in [-0.15, -0.1) is 5.10 Å². The fourth-order valence-corrected chi connectivity index (χ4v) is 2.88. The molecule has 1 unspecified atom stereocenters. The van der Waals surface area contributed by atoms with Gasteiger partial charge in [-0.05, 0) is 51.7 Å². The first kappa shape index (κ1) is 16.6. The first-order chi connectivity index (χ1) is 11.5. The van der Waals surface area contributed by atoms with Crippen LogP contribution in [0.3, 0.4) is 0 Å². The molecule has 2 heterocycles. The summed E-state index contributed by atoms with van der Waals surface area (Å²) in [5, 5.41) is 8.69. The highest BCUT2D eigenvalue weighted by Crippen LogP contribution is 2.17. The summed E-state index contributed by atoms with van der Waals surface area (Å²) in [4.78, 5) is 13.8. The van der Waals surface area contributed by atoms with Crippen LogP contribution in [0.1, 0.15) is 46.6 Å². The van der Waals surface area contributed by atoms with E-state index in [1.807, 2.05) is 26.0 Å². The average molecular weight is 329 g/mol. The van der Waals surface area contributed by atoms with Crippen molar-refractivity contribution in [2.75, 3.05) is 13.2 Å². The first-order valence-corrected chi connectivity index (χ1v) is 8.35. The van der Waals surface area contributed by atoms with Crippen LogP contribution in [0.4, 0.5) is 0 Å². The summed E-state index contributed by atoms with van der Waals surface area (Å²) in [5.41, 5.74) is 3.90. The Bertz CT molecular complexity index is 733. The predicted molar refractivity (Wildman–Crippen MR) is 89.4 cm³/mol. The number of hydrogen-bond donors (Lipinski definition) is 0. The van der Waals surface area contributed by atoms with Crippen molar-refractivity contribution >= 4 is 5.97 Å². The van der Waals surface area contributed by atoms with Gasteiger partial charge in [-0.2, -0.15) is 9.90 Å². The van der Waals surface area contributed by atoms with Gasteiger partial charge in [0.15, 0.2) is 5.69 Å². The Labute approximate surface area is 141 Å². The molecule has 0 radical (unpaired) electrons. The molecule has 1 aromatic heterocycles. The second-order valence-corrected chi connectivity index (χ2v) is 6.30. The Hall–Kier alpha value is -2.21. The molecule has 0 saturated carbocycles. The lowest BCUT2D eigenvalue weighted by molar-refractivity contribution is -0.0303. The number of carbonyl (C=O) groups is 1. The predicted octanol–water partition coefficient (Wildman–Crippen LogP) is 2.92. The molecule has 0 amide bonds. The minimum atomic E-state index is -0.447. The zero-order valence-corrected chi connectivity index (χ0v) is 14.4. The zero-order valence-electron chi connectivity index (χ0n) is 14.4. The van der Waals surface area contributed by atoms with E-state index in [9.17, 15) is 4.79 Å². The summed E-state index contributed by atoms with van der Waals surface area (Å²) < 4.78 is 10.9. The number of hydrogen-bond acceptors (Lipinski definition) is 5. The van der Waals surface area contributed by atoms with E-state index in [1.54, 1.807) is 6.92 Å². The van der Waals surface area contributed by atoms with Crippen molar-refractivity contribution in [3.05, 3.63) is 40.7 Å². The van der Waals surface area contributed by atoms with Gasteiger partial charge in [-0.25, -0.2) is 4.79 Å². The number of esters is 1. The minimum Gasteiger partial charge on any atom is -0.458 e. The fraction of sp³-hybridized carbons (Fsp3) is 0.500. The molecule has 24 heavy (non-hydrogen) atoms. The van der Waals surface area contributed by atoms with Gasteiger partial charge in [0.1, 0.15) is 6.61 Å². The standard InChI is InChI=1S/C18H23N3O3/c1-12-7-8-16(13(2)10-12)21-19-14(3)17(20-21)18(22)24-11-15-6-4-5-9-23-15/h7-8,10,15H,4-6,9,11H2,1-3H3. The number of ether oxygens (including phenoxy) is 2. The maximum absolute atomic E-state index is 12.3. The number of carbonyl (C=O) groups excluding carboxylic acids is 1. The second-order valence-electron chi connectivity index (χ2n) is 6.30. The van der Waals surface area contributed by atoms with Crippen molar-refractivity contribution in [1.82, 2.24) is 15.0 Å². The lowest BCUT2D eigenvalue weighted by atomic mass is 10.1. The topological polar surface area (TPSA) is 66.2 Å². The Morgan fingerprint density at radius 2 is 2.12 bits per heavy atom. The number of aromatic nitrogens is 3. The molecule has 128 valence electrons. The van der Waals surface area contributed by atoms with E-state index in [4.69, 9.17) is 9.47 Å². The number of benzene rings is 1. The Morgan fingerprint density at radius 3 is 2.83 bits per heavy atom. The zero-order chi connectivity index (χ0) is 17.1. The highest BCUT2D eigenvalue weighted by molar-refractivity contribution is 5.88. The summed E-state index contributed by atoms with van der Waals surface area (Å²) in [6.45, 7) is 6.81. The summed E-state index contributed by atoms with van der Waals surface area (Å²) in [6.07, 6.45) is 3.12. The van der Waals surface area contributed by atoms with Crippen LogP contribution in [-0.4, -0.2) is 40.3 Å². The molecule has 0 spiro atoms. The smallest absolute Gasteiger partial charge is 0.360 e. The van der Waals surface area contributed by atoms with Crippen LogP contribution in [0, 0.1) is 20.8 Å². The average Bonchev–Trinajstić information content (AvgIpc) is 2.95. The van der Waals surface area contributed by atoms with E-state index in [2.05, 4.69) is 16.3 Å². The molecule has 1 saturated heterocycles. The van der Waals surface area contributed by atoms with Gasteiger partial charge in [0.05, 0.1) is 17.5 Å². The van der Waals surface area contributed by atoms with Crippen LogP contribution in [0.2, 0.25) is 0 Å².